The first-order valence-corrected chi connectivity index (χ1v) is 3.81. The van der Waals surface area contributed by atoms with Crippen LogP contribution < -0.4 is 5.73 Å². The van der Waals surface area contributed by atoms with E-state index in [2.05, 4.69) is 4.98 Å². The van der Waals surface area contributed by atoms with E-state index in [9.17, 15) is 4.79 Å². The number of rotatable bonds is 3. The topological polar surface area (TPSA) is 79.8 Å². The molecule has 0 amide bonds. The van der Waals surface area contributed by atoms with E-state index in [-0.39, 0.29) is 6.42 Å². The zero-order valence-corrected chi connectivity index (χ0v) is 6.97. The third-order valence-electron chi connectivity index (χ3n) is 1.63. The summed E-state index contributed by atoms with van der Waals surface area (Å²) in [6.07, 6.45) is 2.44. The van der Waals surface area contributed by atoms with Crippen LogP contribution in [0.25, 0.3) is 0 Å². The van der Waals surface area contributed by atoms with Gasteiger partial charge < -0.3 is 5.73 Å². The number of carbonyl (C=O) groups is 1. The molecule has 13 heavy (non-hydrogen) atoms. The van der Waals surface area contributed by atoms with Gasteiger partial charge in [-0.2, -0.15) is 5.26 Å². The van der Waals surface area contributed by atoms with Crippen LogP contribution >= 0.6 is 0 Å². The summed E-state index contributed by atoms with van der Waals surface area (Å²) in [7, 11) is 0. The number of aldehydes is 1. The van der Waals surface area contributed by atoms with Gasteiger partial charge in [-0.3, -0.25) is 9.78 Å². The molecule has 0 aromatic carbocycles. The monoisotopic (exact) mass is 175 g/mol. The van der Waals surface area contributed by atoms with Crippen molar-refractivity contribution in [2.24, 2.45) is 5.73 Å². The van der Waals surface area contributed by atoms with Crippen molar-refractivity contribution in [1.82, 2.24) is 4.98 Å². The van der Waals surface area contributed by atoms with Crippen molar-refractivity contribution in [2.45, 2.75) is 12.5 Å². The van der Waals surface area contributed by atoms with E-state index in [0.29, 0.717) is 11.3 Å². The Morgan fingerprint density at radius 1 is 1.77 bits per heavy atom. The van der Waals surface area contributed by atoms with Crippen molar-refractivity contribution in [3.05, 3.63) is 29.6 Å². The van der Waals surface area contributed by atoms with E-state index in [4.69, 9.17) is 11.0 Å². The number of aromatic nitrogens is 1. The molecule has 0 unspecified atom stereocenters. The van der Waals surface area contributed by atoms with Crippen LogP contribution in [-0.2, 0) is 0 Å². The Kier molecular flexibility index (Phi) is 3.12. The second kappa shape index (κ2) is 4.33. The largest absolute Gasteiger partial charge is 0.322 e. The van der Waals surface area contributed by atoms with Gasteiger partial charge in [0.05, 0.1) is 24.2 Å². The van der Waals surface area contributed by atoms with Gasteiger partial charge in [0, 0.05) is 11.8 Å². The minimum absolute atomic E-state index is 0.204. The van der Waals surface area contributed by atoms with E-state index in [1.165, 1.54) is 6.20 Å². The van der Waals surface area contributed by atoms with Crippen LogP contribution in [0, 0.1) is 11.3 Å². The summed E-state index contributed by atoms with van der Waals surface area (Å²) in [6, 6.07) is 4.72. The fourth-order valence-electron chi connectivity index (χ4n) is 0.945. The standard InChI is InChI=1S/C9H9N3O/c10-3-1-8(11)9-5-7(6-13)2-4-12-9/h2,4-6,8H,1,11H2/t8-/m1/s1. The van der Waals surface area contributed by atoms with Crippen molar-refractivity contribution in [1.29, 1.82) is 5.26 Å². The highest BCUT2D eigenvalue weighted by Crippen LogP contribution is 2.10. The average molecular weight is 175 g/mol. The van der Waals surface area contributed by atoms with Gasteiger partial charge in [-0.05, 0) is 12.1 Å². The third kappa shape index (κ3) is 2.36. The van der Waals surface area contributed by atoms with Gasteiger partial charge in [0.15, 0.2) is 0 Å². The number of hydrogen-bond acceptors (Lipinski definition) is 4. The van der Waals surface area contributed by atoms with Crippen molar-refractivity contribution in [2.75, 3.05) is 0 Å². The highest BCUT2D eigenvalue weighted by molar-refractivity contribution is 5.74. The lowest BCUT2D eigenvalue weighted by Crippen LogP contribution is -2.11. The molecule has 0 radical (unpaired) electrons. The van der Waals surface area contributed by atoms with Crippen LogP contribution in [0.4, 0.5) is 0 Å². The summed E-state index contributed by atoms with van der Waals surface area (Å²) < 4.78 is 0. The summed E-state index contributed by atoms with van der Waals surface area (Å²) in [6.45, 7) is 0. The molecular formula is C9H9N3O. The Hall–Kier alpha value is -1.73. The Morgan fingerprint density at radius 2 is 2.54 bits per heavy atom. The van der Waals surface area contributed by atoms with Crippen LogP contribution in [-0.4, -0.2) is 11.3 Å². The highest BCUT2D eigenvalue weighted by atomic mass is 16.1. The molecule has 1 aromatic heterocycles. The maximum absolute atomic E-state index is 10.4. The minimum Gasteiger partial charge on any atom is -0.322 e. The first-order chi connectivity index (χ1) is 6.27. The first kappa shape index (κ1) is 9.36. The molecule has 2 N–H and O–H groups in total. The second-order valence-corrected chi connectivity index (χ2v) is 2.60. The van der Waals surface area contributed by atoms with E-state index in [1.807, 2.05) is 6.07 Å². The van der Waals surface area contributed by atoms with Crippen LogP contribution in [0.3, 0.4) is 0 Å². The summed E-state index contributed by atoms with van der Waals surface area (Å²) in [4.78, 5) is 14.4. The van der Waals surface area contributed by atoms with E-state index < -0.39 is 6.04 Å². The number of hydrogen-bond donors (Lipinski definition) is 1. The lowest BCUT2D eigenvalue weighted by atomic mass is 10.1. The molecule has 0 aliphatic heterocycles. The maximum Gasteiger partial charge on any atom is 0.150 e. The SMILES string of the molecule is N#CC[C@@H](N)c1cc(C=O)ccn1. The van der Waals surface area contributed by atoms with Crippen LogP contribution in [0.5, 0.6) is 0 Å². The molecule has 66 valence electrons. The Labute approximate surface area is 76.0 Å². The van der Waals surface area contributed by atoms with Gasteiger partial charge >= 0.3 is 0 Å². The lowest BCUT2D eigenvalue weighted by molar-refractivity contribution is 0.112. The van der Waals surface area contributed by atoms with E-state index in [1.54, 1.807) is 12.1 Å². The highest BCUT2D eigenvalue weighted by Gasteiger charge is 2.06. The number of nitriles is 1. The second-order valence-electron chi connectivity index (χ2n) is 2.60. The molecule has 0 aliphatic rings. The molecule has 0 saturated heterocycles. The molecule has 4 nitrogen and oxygen atoms in total. The summed E-state index contributed by atoms with van der Waals surface area (Å²) >= 11 is 0. The molecule has 4 heteroatoms. The lowest BCUT2D eigenvalue weighted by Gasteiger charge is -2.05. The smallest absolute Gasteiger partial charge is 0.150 e. The number of carbonyl (C=O) groups excluding carboxylic acids is 1. The average Bonchev–Trinajstić information content (AvgIpc) is 2.18. The van der Waals surface area contributed by atoms with Gasteiger partial charge in [-0.15, -0.1) is 0 Å². The van der Waals surface area contributed by atoms with Crippen molar-refractivity contribution in [3.8, 4) is 6.07 Å². The summed E-state index contributed by atoms with van der Waals surface area (Å²) in [5, 5.41) is 8.40. The molecular weight excluding hydrogens is 166 g/mol. The fourth-order valence-corrected chi connectivity index (χ4v) is 0.945. The molecule has 1 atom stereocenters. The molecule has 0 fully saturated rings. The van der Waals surface area contributed by atoms with Crippen molar-refractivity contribution in [3.63, 3.8) is 0 Å². The summed E-state index contributed by atoms with van der Waals surface area (Å²) in [5.74, 6) is 0. The van der Waals surface area contributed by atoms with Gasteiger partial charge in [0.1, 0.15) is 6.29 Å². The quantitative estimate of drug-likeness (QED) is 0.689. The minimum atomic E-state index is -0.412. The van der Waals surface area contributed by atoms with Crippen molar-refractivity contribution >= 4 is 6.29 Å². The number of pyridine rings is 1. The maximum atomic E-state index is 10.4. The Balaban J connectivity index is 2.89. The number of nitrogens with two attached hydrogens (primary N) is 1. The molecule has 0 saturated carbocycles. The van der Waals surface area contributed by atoms with E-state index >= 15 is 0 Å². The Morgan fingerprint density at radius 3 is 3.15 bits per heavy atom. The zero-order valence-electron chi connectivity index (χ0n) is 6.97. The summed E-state index contributed by atoms with van der Waals surface area (Å²) in [5.41, 5.74) is 6.73. The molecule has 0 bridgehead atoms. The van der Waals surface area contributed by atoms with Gasteiger partial charge in [-0.25, -0.2) is 0 Å². The predicted molar refractivity (Wildman–Crippen MR) is 46.8 cm³/mol. The predicted octanol–water partition coefficient (Wildman–Crippen LogP) is 0.808. The fraction of sp³-hybridized carbons (Fsp3) is 0.222. The van der Waals surface area contributed by atoms with Gasteiger partial charge in [0.2, 0.25) is 0 Å². The van der Waals surface area contributed by atoms with Crippen molar-refractivity contribution < 1.29 is 4.79 Å². The normalized spacial score (nSPS) is 11.7. The third-order valence-corrected chi connectivity index (χ3v) is 1.63. The van der Waals surface area contributed by atoms with Crippen LogP contribution in [0.15, 0.2) is 18.3 Å². The first-order valence-electron chi connectivity index (χ1n) is 3.81. The molecule has 0 spiro atoms. The molecule has 1 heterocycles. The molecule has 1 rings (SSSR count). The van der Waals surface area contributed by atoms with E-state index in [0.717, 1.165) is 6.29 Å². The Bertz CT molecular complexity index is 343. The van der Waals surface area contributed by atoms with Crippen LogP contribution in [0.2, 0.25) is 0 Å². The van der Waals surface area contributed by atoms with Gasteiger partial charge in [0.25, 0.3) is 0 Å². The van der Waals surface area contributed by atoms with Crippen LogP contribution in [0.1, 0.15) is 28.5 Å². The molecule has 0 aliphatic carbocycles. The molecule has 1 aromatic rings. The number of nitrogens with zero attached hydrogens (tertiary/aromatic N) is 2. The van der Waals surface area contributed by atoms with Gasteiger partial charge in [-0.1, -0.05) is 0 Å². The zero-order chi connectivity index (χ0) is 9.68.